The van der Waals surface area contributed by atoms with E-state index in [9.17, 15) is 0 Å². The number of hydrogen-bond acceptors (Lipinski definition) is 1. The van der Waals surface area contributed by atoms with E-state index < -0.39 is 5.97 Å². The van der Waals surface area contributed by atoms with Crippen molar-refractivity contribution in [3.05, 3.63) is 12.2 Å². The molecule has 1 aliphatic carbocycles. The van der Waals surface area contributed by atoms with Crippen LogP contribution in [-0.4, -0.2) is 11.1 Å². The molecule has 0 aromatic carbocycles. The van der Waals surface area contributed by atoms with Crippen molar-refractivity contribution in [3.8, 4) is 0 Å². The van der Waals surface area contributed by atoms with Gasteiger partial charge in [-0.1, -0.05) is 44.3 Å². The van der Waals surface area contributed by atoms with Crippen LogP contribution in [0.5, 0.6) is 0 Å². The third-order valence-corrected chi connectivity index (χ3v) is 2.43. The average molecular weight is 198 g/mol. The van der Waals surface area contributed by atoms with E-state index >= 15 is 0 Å². The van der Waals surface area contributed by atoms with Crippen molar-refractivity contribution >= 4 is 5.97 Å². The SMILES string of the molecule is CC(=O)O.CC=CCC1CCCCC1. The molecule has 2 heteroatoms. The summed E-state index contributed by atoms with van der Waals surface area (Å²) in [6, 6.07) is 0. The lowest BCUT2D eigenvalue weighted by Gasteiger charge is -2.19. The number of allylic oxidation sites excluding steroid dienone is 2. The van der Waals surface area contributed by atoms with E-state index in [4.69, 9.17) is 9.90 Å². The molecule has 1 rings (SSSR count). The van der Waals surface area contributed by atoms with Crippen molar-refractivity contribution in [2.75, 3.05) is 0 Å². The lowest BCUT2D eigenvalue weighted by atomic mass is 9.87. The van der Waals surface area contributed by atoms with E-state index in [1.807, 2.05) is 0 Å². The van der Waals surface area contributed by atoms with Crippen LogP contribution in [0.1, 0.15) is 52.4 Å². The molecule has 0 radical (unpaired) electrons. The smallest absolute Gasteiger partial charge is 0.300 e. The molecule has 0 heterocycles. The number of carboxylic acid groups (broad SMARTS) is 1. The van der Waals surface area contributed by atoms with Gasteiger partial charge >= 0.3 is 0 Å². The molecule has 1 saturated carbocycles. The van der Waals surface area contributed by atoms with Crippen LogP contribution in [0, 0.1) is 5.92 Å². The van der Waals surface area contributed by atoms with Gasteiger partial charge in [0.05, 0.1) is 0 Å². The predicted molar refractivity (Wildman–Crippen MR) is 59.3 cm³/mol. The number of hydrogen-bond donors (Lipinski definition) is 1. The van der Waals surface area contributed by atoms with Crippen LogP contribution in [0.25, 0.3) is 0 Å². The maximum atomic E-state index is 9.00. The van der Waals surface area contributed by atoms with Crippen LogP contribution < -0.4 is 0 Å². The Bertz CT molecular complexity index is 163. The first-order chi connectivity index (χ1) is 6.66. The van der Waals surface area contributed by atoms with Crippen molar-refractivity contribution in [2.45, 2.75) is 52.4 Å². The van der Waals surface area contributed by atoms with E-state index in [-0.39, 0.29) is 0 Å². The highest BCUT2D eigenvalue weighted by Gasteiger charge is 2.10. The van der Waals surface area contributed by atoms with Crippen LogP contribution >= 0.6 is 0 Å². The first kappa shape index (κ1) is 13.2. The minimum absolute atomic E-state index is 0.833. The minimum Gasteiger partial charge on any atom is -0.481 e. The highest BCUT2D eigenvalue weighted by molar-refractivity contribution is 5.62. The van der Waals surface area contributed by atoms with E-state index in [0.717, 1.165) is 12.8 Å². The second-order valence-corrected chi connectivity index (χ2v) is 3.83. The molecule has 0 spiro atoms. The van der Waals surface area contributed by atoms with Gasteiger partial charge in [-0.25, -0.2) is 0 Å². The fraction of sp³-hybridized carbons (Fsp3) is 0.750. The largest absolute Gasteiger partial charge is 0.481 e. The van der Waals surface area contributed by atoms with Crippen LogP contribution in [0.15, 0.2) is 12.2 Å². The molecule has 2 nitrogen and oxygen atoms in total. The summed E-state index contributed by atoms with van der Waals surface area (Å²) in [4.78, 5) is 9.00. The maximum Gasteiger partial charge on any atom is 0.300 e. The first-order valence-corrected chi connectivity index (χ1v) is 5.47. The van der Waals surface area contributed by atoms with Gasteiger partial charge in [-0.2, -0.15) is 0 Å². The number of carboxylic acids is 1. The molecule has 0 saturated heterocycles. The molecule has 0 bridgehead atoms. The third-order valence-electron chi connectivity index (χ3n) is 2.43. The van der Waals surface area contributed by atoms with Crippen molar-refractivity contribution in [2.24, 2.45) is 5.92 Å². The van der Waals surface area contributed by atoms with Crippen molar-refractivity contribution in [3.63, 3.8) is 0 Å². The van der Waals surface area contributed by atoms with E-state index in [2.05, 4.69) is 19.1 Å². The second kappa shape index (κ2) is 8.79. The molecule has 1 aliphatic rings. The molecule has 0 aliphatic heterocycles. The minimum atomic E-state index is -0.833. The summed E-state index contributed by atoms with van der Waals surface area (Å²) in [6.45, 7) is 3.20. The summed E-state index contributed by atoms with van der Waals surface area (Å²) >= 11 is 0. The average Bonchev–Trinajstić information content (AvgIpc) is 2.15. The monoisotopic (exact) mass is 198 g/mol. The number of rotatable bonds is 2. The fourth-order valence-electron chi connectivity index (χ4n) is 1.75. The van der Waals surface area contributed by atoms with E-state index in [1.165, 1.54) is 38.5 Å². The van der Waals surface area contributed by atoms with Gasteiger partial charge in [-0.3, -0.25) is 4.79 Å². The van der Waals surface area contributed by atoms with Gasteiger partial charge < -0.3 is 5.11 Å². The summed E-state index contributed by atoms with van der Waals surface area (Å²) in [6.07, 6.45) is 13.2. The van der Waals surface area contributed by atoms with Crippen molar-refractivity contribution in [1.82, 2.24) is 0 Å². The van der Waals surface area contributed by atoms with Crippen LogP contribution in [0.3, 0.4) is 0 Å². The quantitative estimate of drug-likeness (QED) is 0.688. The van der Waals surface area contributed by atoms with E-state index in [1.54, 1.807) is 0 Å². The summed E-state index contributed by atoms with van der Waals surface area (Å²) < 4.78 is 0. The lowest BCUT2D eigenvalue weighted by molar-refractivity contribution is -0.134. The summed E-state index contributed by atoms with van der Waals surface area (Å²) in [5, 5.41) is 7.42. The molecule has 1 fully saturated rings. The van der Waals surface area contributed by atoms with Gasteiger partial charge in [0.25, 0.3) is 5.97 Å². The standard InChI is InChI=1S/C10H18.C2H4O2/c1-2-3-7-10-8-5-4-6-9-10;1-2(3)4/h2-3,10H,4-9H2,1H3;1H3,(H,3,4). The van der Waals surface area contributed by atoms with E-state index in [0.29, 0.717) is 0 Å². The zero-order valence-electron chi connectivity index (χ0n) is 9.33. The van der Waals surface area contributed by atoms with Gasteiger partial charge in [0.2, 0.25) is 0 Å². The van der Waals surface area contributed by atoms with Crippen LogP contribution in [0.4, 0.5) is 0 Å². The number of carbonyl (C=O) groups is 1. The summed E-state index contributed by atoms with van der Waals surface area (Å²) in [5.74, 6) is 0.185. The normalized spacial score (nSPS) is 17.6. The Morgan fingerprint density at radius 2 is 1.86 bits per heavy atom. The first-order valence-electron chi connectivity index (χ1n) is 5.47. The maximum absolute atomic E-state index is 9.00. The number of aliphatic carboxylic acids is 1. The fourth-order valence-corrected chi connectivity index (χ4v) is 1.75. The molecule has 82 valence electrons. The van der Waals surface area contributed by atoms with Gasteiger partial charge in [-0.15, -0.1) is 0 Å². The lowest BCUT2D eigenvalue weighted by Crippen LogP contribution is -2.04. The molecule has 14 heavy (non-hydrogen) atoms. The van der Waals surface area contributed by atoms with Crippen LogP contribution in [0.2, 0.25) is 0 Å². The molecular weight excluding hydrogens is 176 g/mol. The second-order valence-electron chi connectivity index (χ2n) is 3.83. The highest BCUT2D eigenvalue weighted by Crippen LogP contribution is 2.26. The van der Waals surface area contributed by atoms with Gasteiger partial charge in [-0.05, 0) is 19.3 Å². The van der Waals surface area contributed by atoms with Gasteiger partial charge in [0.15, 0.2) is 0 Å². The molecule has 1 N–H and O–H groups in total. The van der Waals surface area contributed by atoms with Crippen molar-refractivity contribution in [1.29, 1.82) is 0 Å². The Labute approximate surface area is 87.0 Å². The highest BCUT2D eigenvalue weighted by atomic mass is 16.4. The molecule has 0 amide bonds. The Morgan fingerprint density at radius 1 is 1.36 bits per heavy atom. The van der Waals surface area contributed by atoms with Gasteiger partial charge in [0.1, 0.15) is 0 Å². The topological polar surface area (TPSA) is 37.3 Å². The molecule has 0 atom stereocenters. The Kier molecular flexibility index (Phi) is 8.30. The molecular formula is C12H22O2. The Morgan fingerprint density at radius 3 is 2.29 bits per heavy atom. The third kappa shape index (κ3) is 9.30. The Balaban J connectivity index is 0.000000364. The zero-order chi connectivity index (χ0) is 10.8. The predicted octanol–water partition coefficient (Wildman–Crippen LogP) is 3.62. The summed E-state index contributed by atoms with van der Waals surface area (Å²) in [7, 11) is 0. The van der Waals surface area contributed by atoms with Crippen LogP contribution in [-0.2, 0) is 4.79 Å². The van der Waals surface area contributed by atoms with Gasteiger partial charge in [0, 0.05) is 6.92 Å². The molecule has 0 unspecified atom stereocenters. The summed E-state index contributed by atoms with van der Waals surface area (Å²) in [5.41, 5.74) is 0. The zero-order valence-corrected chi connectivity index (χ0v) is 9.33. The van der Waals surface area contributed by atoms with Crippen molar-refractivity contribution < 1.29 is 9.90 Å². The molecule has 0 aromatic heterocycles. The molecule has 0 aromatic rings. The Hall–Kier alpha value is -0.790.